The Labute approximate surface area is 220 Å². The normalized spacial score (nSPS) is 32.7. The van der Waals surface area contributed by atoms with Crippen LogP contribution in [0.1, 0.15) is 70.3 Å². The first-order valence-corrected chi connectivity index (χ1v) is 13.6. The lowest BCUT2D eigenvalue weighted by Crippen LogP contribution is -2.58. The summed E-state index contributed by atoms with van der Waals surface area (Å²) in [5, 5.41) is 0. The molecule has 0 radical (unpaired) electrons. The molecule has 2 saturated carbocycles. The summed E-state index contributed by atoms with van der Waals surface area (Å²) in [6.07, 6.45) is 7.17. The van der Waals surface area contributed by atoms with Gasteiger partial charge in [-0.15, -0.1) is 0 Å². The average molecular weight is 506 g/mol. The fraction of sp³-hybridized carbons (Fsp3) is 0.581. The first kappa shape index (κ1) is 25.9. The van der Waals surface area contributed by atoms with Crippen LogP contribution in [-0.2, 0) is 23.9 Å². The van der Waals surface area contributed by atoms with Gasteiger partial charge in [-0.1, -0.05) is 24.6 Å². The minimum Gasteiger partial charge on any atom is -0.451 e. The molecule has 1 aromatic rings. The number of ether oxygens (including phenoxy) is 2. The van der Waals surface area contributed by atoms with Crippen LogP contribution in [0.2, 0.25) is 0 Å². The molecule has 0 aliphatic heterocycles. The maximum atomic E-state index is 13.7. The van der Waals surface area contributed by atoms with Crippen LogP contribution in [0.5, 0.6) is 0 Å². The SMILES string of the molecule is COCC(=O)[C@@]1(OC(C)=O)CCC2C3CCC4=CC(=O)CCC4=C3[C@@H](c3ccc(N(C)C)cc3)C[C@@]21C. The summed E-state index contributed by atoms with van der Waals surface area (Å²) >= 11 is 0. The molecule has 0 amide bonds. The zero-order valence-corrected chi connectivity index (χ0v) is 22.8. The van der Waals surface area contributed by atoms with Gasteiger partial charge in [-0.25, -0.2) is 0 Å². The summed E-state index contributed by atoms with van der Waals surface area (Å²) in [6.45, 7) is 3.52. The minimum atomic E-state index is -1.18. The Morgan fingerprint density at radius 1 is 1.08 bits per heavy atom. The number of hydrogen-bond acceptors (Lipinski definition) is 6. The van der Waals surface area contributed by atoms with Gasteiger partial charge in [0.1, 0.15) is 6.61 Å². The maximum absolute atomic E-state index is 13.7. The lowest BCUT2D eigenvalue weighted by Gasteiger charge is -2.55. The van der Waals surface area contributed by atoms with Gasteiger partial charge < -0.3 is 14.4 Å². The summed E-state index contributed by atoms with van der Waals surface area (Å²) in [5.41, 5.74) is 4.70. The first-order chi connectivity index (χ1) is 17.6. The van der Waals surface area contributed by atoms with Crippen LogP contribution in [0.4, 0.5) is 5.69 Å². The van der Waals surface area contributed by atoms with Crippen molar-refractivity contribution in [2.24, 2.45) is 17.3 Å². The van der Waals surface area contributed by atoms with E-state index in [1.807, 2.05) is 20.2 Å². The Balaban J connectivity index is 1.68. The number of rotatable bonds is 6. The number of nitrogens with zero attached hydrogens (tertiary/aromatic N) is 1. The molecule has 0 saturated heterocycles. The molecule has 5 atom stereocenters. The van der Waals surface area contributed by atoms with E-state index in [0.29, 0.717) is 18.8 Å². The highest BCUT2D eigenvalue weighted by Crippen LogP contribution is 2.67. The number of allylic oxidation sites excluding steroid dienone is 4. The van der Waals surface area contributed by atoms with Gasteiger partial charge in [-0.05, 0) is 85.3 Å². The van der Waals surface area contributed by atoms with E-state index < -0.39 is 17.0 Å². The number of ketones is 2. The van der Waals surface area contributed by atoms with Crippen molar-refractivity contribution < 1.29 is 23.9 Å². The molecular formula is C31H39NO5. The number of methoxy groups -OCH3 is 1. The van der Waals surface area contributed by atoms with Crippen LogP contribution in [0, 0.1) is 17.3 Å². The molecular weight excluding hydrogens is 466 g/mol. The molecule has 0 heterocycles. The molecule has 6 heteroatoms. The average Bonchev–Trinajstić information content (AvgIpc) is 3.15. The fourth-order valence-corrected chi connectivity index (χ4v) is 8.13. The van der Waals surface area contributed by atoms with Gasteiger partial charge in [0.2, 0.25) is 5.78 Å². The van der Waals surface area contributed by atoms with E-state index in [0.717, 1.165) is 37.8 Å². The number of esters is 1. The number of carbonyl (C=O) groups is 3. The highest BCUT2D eigenvalue weighted by molar-refractivity contribution is 5.93. The lowest BCUT2D eigenvalue weighted by molar-refractivity contribution is -0.185. The molecule has 2 unspecified atom stereocenters. The zero-order valence-electron chi connectivity index (χ0n) is 22.8. The molecule has 0 bridgehead atoms. The van der Waals surface area contributed by atoms with Crippen LogP contribution < -0.4 is 4.90 Å². The summed E-state index contributed by atoms with van der Waals surface area (Å²) < 4.78 is 11.4. The number of carbonyl (C=O) groups excluding carboxylic acids is 3. The molecule has 37 heavy (non-hydrogen) atoms. The van der Waals surface area contributed by atoms with Crippen LogP contribution in [-0.4, -0.2) is 50.9 Å². The third kappa shape index (κ3) is 4.08. The van der Waals surface area contributed by atoms with Gasteiger partial charge in [-0.2, -0.15) is 0 Å². The van der Waals surface area contributed by atoms with Crippen LogP contribution in [0.25, 0.3) is 0 Å². The van der Waals surface area contributed by atoms with Crippen molar-refractivity contribution in [1.82, 2.24) is 0 Å². The molecule has 2 fully saturated rings. The molecule has 0 aromatic heterocycles. The Hall–Kier alpha value is -2.73. The fourth-order valence-electron chi connectivity index (χ4n) is 8.13. The van der Waals surface area contributed by atoms with E-state index in [2.05, 4.69) is 36.1 Å². The summed E-state index contributed by atoms with van der Waals surface area (Å²) in [5.74, 6) is 0.301. The second-order valence-corrected chi connectivity index (χ2v) is 11.8. The minimum absolute atomic E-state index is 0.0641. The maximum Gasteiger partial charge on any atom is 0.303 e. The highest BCUT2D eigenvalue weighted by Gasteiger charge is 2.68. The van der Waals surface area contributed by atoms with Crippen LogP contribution >= 0.6 is 0 Å². The predicted molar refractivity (Wildman–Crippen MR) is 142 cm³/mol. The van der Waals surface area contributed by atoms with E-state index >= 15 is 0 Å². The Bertz CT molecular complexity index is 1180. The van der Waals surface area contributed by atoms with E-state index in [4.69, 9.17) is 9.47 Å². The van der Waals surface area contributed by atoms with Crippen molar-refractivity contribution in [2.75, 3.05) is 32.7 Å². The van der Waals surface area contributed by atoms with Crippen LogP contribution in [0.15, 0.2) is 47.1 Å². The first-order valence-electron chi connectivity index (χ1n) is 13.6. The summed E-state index contributed by atoms with van der Waals surface area (Å²) in [7, 11) is 5.59. The van der Waals surface area contributed by atoms with E-state index in [1.165, 1.54) is 36.3 Å². The third-order valence-electron chi connectivity index (χ3n) is 9.71. The number of Topliss-reactive ketones (excluding diaryl/α,β-unsaturated/α-hetero) is 1. The third-order valence-corrected chi connectivity index (χ3v) is 9.71. The van der Waals surface area contributed by atoms with Gasteiger partial charge in [0.15, 0.2) is 11.4 Å². The van der Waals surface area contributed by atoms with Crippen molar-refractivity contribution in [3.8, 4) is 0 Å². The zero-order chi connectivity index (χ0) is 26.5. The Morgan fingerprint density at radius 3 is 2.46 bits per heavy atom. The van der Waals surface area contributed by atoms with Crippen molar-refractivity contribution in [3.63, 3.8) is 0 Å². The van der Waals surface area contributed by atoms with Crippen LogP contribution in [0.3, 0.4) is 0 Å². The Kier molecular flexibility index (Phi) is 6.68. The summed E-state index contributed by atoms with van der Waals surface area (Å²) in [6, 6.07) is 8.72. The monoisotopic (exact) mass is 505 g/mol. The molecule has 1 aromatic carbocycles. The van der Waals surface area contributed by atoms with Crippen molar-refractivity contribution in [1.29, 1.82) is 0 Å². The standard InChI is InChI=1S/C31H39NO5/c1-19(33)37-31(28(35)18-36-5)15-14-27-25-12-8-21-16-23(34)11-13-24(21)29(25)26(17-30(27,31)2)20-6-9-22(10-7-20)32(3)4/h6-7,9-10,16,25-27H,8,11-15,17-18H2,1-5H3/t25?,26-,27?,30+,31+/m1/s1. The van der Waals surface area contributed by atoms with Crippen molar-refractivity contribution in [2.45, 2.75) is 70.3 Å². The highest BCUT2D eigenvalue weighted by atomic mass is 16.6. The Morgan fingerprint density at radius 2 is 1.81 bits per heavy atom. The van der Waals surface area contributed by atoms with Gasteiger partial charge in [0, 0.05) is 51.6 Å². The number of anilines is 1. The second kappa shape index (κ2) is 9.54. The van der Waals surface area contributed by atoms with E-state index in [1.54, 1.807) is 0 Å². The molecule has 0 spiro atoms. The van der Waals surface area contributed by atoms with E-state index in [9.17, 15) is 14.4 Å². The van der Waals surface area contributed by atoms with Gasteiger partial charge in [0.05, 0.1) is 0 Å². The van der Waals surface area contributed by atoms with Gasteiger partial charge in [-0.3, -0.25) is 14.4 Å². The molecule has 198 valence electrons. The predicted octanol–water partition coefficient (Wildman–Crippen LogP) is 5.17. The second-order valence-electron chi connectivity index (χ2n) is 11.8. The molecule has 4 aliphatic carbocycles. The van der Waals surface area contributed by atoms with E-state index in [-0.39, 0.29) is 30.0 Å². The van der Waals surface area contributed by atoms with Crippen molar-refractivity contribution >= 4 is 23.2 Å². The number of benzene rings is 1. The molecule has 4 aliphatic rings. The quantitative estimate of drug-likeness (QED) is 0.497. The largest absolute Gasteiger partial charge is 0.451 e. The summed E-state index contributed by atoms with van der Waals surface area (Å²) in [4.78, 5) is 40.5. The molecule has 6 nitrogen and oxygen atoms in total. The lowest BCUT2D eigenvalue weighted by atomic mass is 9.50. The molecule has 5 rings (SSSR count). The number of hydrogen-bond donors (Lipinski definition) is 0. The topological polar surface area (TPSA) is 72.9 Å². The van der Waals surface area contributed by atoms with Gasteiger partial charge >= 0.3 is 5.97 Å². The smallest absolute Gasteiger partial charge is 0.303 e. The molecule has 0 N–H and O–H groups in total. The number of fused-ring (bicyclic) bond motifs is 4. The van der Waals surface area contributed by atoms with Gasteiger partial charge in [0.25, 0.3) is 0 Å². The van der Waals surface area contributed by atoms with Crippen molar-refractivity contribution in [3.05, 3.63) is 52.6 Å².